The zero-order valence-electron chi connectivity index (χ0n) is 21.4. The minimum atomic E-state index is -1.09. The third-order valence-electron chi connectivity index (χ3n) is 6.03. The molecule has 0 unspecified atom stereocenters. The summed E-state index contributed by atoms with van der Waals surface area (Å²) in [5, 5.41) is 0. The molecule has 1 heterocycles. The summed E-state index contributed by atoms with van der Waals surface area (Å²) in [6.07, 6.45) is 1.98. The maximum absolute atomic E-state index is 13.4. The lowest BCUT2D eigenvalue weighted by Gasteiger charge is -2.27. The molecule has 0 aliphatic rings. The highest BCUT2D eigenvalue weighted by atomic mass is 16.6. The molecule has 2 aromatic carbocycles. The van der Waals surface area contributed by atoms with E-state index in [1.54, 1.807) is 0 Å². The third kappa shape index (κ3) is 8.41. The average Bonchev–Trinajstić information content (AvgIpc) is 2.88. The van der Waals surface area contributed by atoms with Gasteiger partial charge in [0.1, 0.15) is 0 Å². The van der Waals surface area contributed by atoms with Crippen LogP contribution in [0.4, 0.5) is 0 Å². The summed E-state index contributed by atoms with van der Waals surface area (Å²) in [5.74, 6) is -2.84. The van der Waals surface area contributed by atoms with E-state index in [9.17, 15) is 24.0 Å². The molecule has 38 heavy (non-hydrogen) atoms. The molecule has 0 saturated carbocycles. The Labute approximate surface area is 219 Å². The molecule has 3 rings (SSSR count). The number of amides is 2. The number of aromatic amines is 2. The van der Waals surface area contributed by atoms with Crippen LogP contribution in [0, 0.1) is 17.8 Å². The fraction of sp³-hybridized carbons (Fsp3) is 0.370. The van der Waals surface area contributed by atoms with Crippen LogP contribution >= 0.6 is 0 Å². The first kappa shape index (κ1) is 28.3. The van der Waals surface area contributed by atoms with E-state index in [-0.39, 0.29) is 12.5 Å². The topological polar surface area (TPSA) is 155 Å². The molecule has 11 nitrogen and oxygen atoms in total. The third-order valence-corrected chi connectivity index (χ3v) is 6.03. The molecule has 0 aliphatic heterocycles. The largest absolute Gasteiger partial charge is 0.353 e. The Kier molecular flexibility index (Phi) is 10.4. The first-order valence-corrected chi connectivity index (χ1v) is 12.5. The van der Waals surface area contributed by atoms with Crippen molar-refractivity contribution >= 4 is 11.8 Å². The number of carbonyl (C=O) groups is 2. The van der Waals surface area contributed by atoms with Crippen LogP contribution in [0.25, 0.3) is 0 Å². The lowest BCUT2D eigenvalue weighted by atomic mass is 9.81. The van der Waals surface area contributed by atoms with E-state index in [4.69, 9.17) is 4.84 Å². The summed E-state index contributed by atoms with van der Waals surface area (Å²) in [7, 11) is 0. The Morgan fingerprint density at radius 1 is 0.842 bits per heavy atom. The fourth-order valence-corrected chi connectivity index (χ4v) is 4.21. The van der Waals surface area contributed by atoms with E-state index in [1.807, 2.05) is 84.5 Å². The second-order valence-corrected chi connectivity index (χ2v) is 9.46. The number of hydrogen-bond donors (Lipinski definition) is 4. The molecule has 0 radical (unpaired) electrons. The van der Waals surface area contributed by atoms with E-state index in [2.05, 4.69) is 10.9 Å². The van der Waals surface area contributed by atoms with E-state index in [0.29, 0.717) is 30.4 Å². The smallest absolute Gasteiger partial charge is 0.273 e. The number of carbonyl (C=O) groups excluding carboxylic acids is 2. The van der Waals surface area contributed by atoms with Crippen LogP contribution in [0.5, 0.6) is 0 Å². The number of nitrogens with zero attached hydrogens (tertiary/aromatic N) is 1. The number of hydrogen-bond acceptors (Lipinski definition) is 6. The van der Waals surface area contributed by atoms with Crippen molar-refractivity contribution in [1.82, 2.24) is 20.1 Å². The van der Waals surface area contributed by atoms with Gasteiger partial charge < -0.3 is 0 Å². The molecule has 0 bridgehead atoms. The zero-order chi connectivity index (χ0) is 27.5. The second kappa shape index (κ2) is 13.9. The van der Waals surface area contributed by atoms with Crippen LogP contribution in [0.3, 0.4) is 0 Å². The Hall–Kier alpha value is -4.25. The normalized spacial score (nSPS) is 12.6. The van der Waals surface area contributed by atoms with Gasteiger partial charge in [-0.1, -0.05) is 74.5 Å². The van der Waals surface area contributed by atoms with E-state index in [1.165, 1.54) is 0 Å². The summed E-state index contributed by atoms with van der Waals surface area (Å²) in [6, 6.07) is 19.1. The molecule has 1 aromatic heterocycles. The molecular weight excluding hydrogens is 490 g/mol. The van der Waals surface area contributed by atoms with Gasteiger partial charge in [0.05, 0.1) is 18.4 Å². The molecule has 0 spiro atoms. The number of aryl methyl sites for hydroxylation is 1. The highest BCUT2D eigenvalue weighted by Crippen LogP contribution is 2.27. The maximum atomic E-state index is 13.4. The van der Waals surface area contributed by atoms with Gasteiger partial charge in [-0.15, -0.1) is 4.68 Å². The minimum absolute atomic E-state index is 0.0194. The second-order valence-electron chi connectivity index (χ2n) is 9.46. The highest BCUT2D eigenvalue weighted by Gasteiger charge is 2.35. The predicted molar refractivity (Wildman–Crippen MR) is 141 cm³/mol. The summed E-state index contributed by atoms with van der Waals surface area (Å²) in [4.78, 5) is 71.6. The maximum Gasteiger partial charge on any atom is 0.353 e. The van der Waals surface area contributed by atoms with Crippen LogP contribution in [0.2, 0.25) is 0 Å². The zero-order valence-corrected chi connectivity index (χ0v) is 21.4. The molecule has 3 aromatic rings. The highest BCUT2D eigenvalue weighted by molar-refractivity contribution is 5.91. The van der Waals surface area contributed by atoms with Gasteiger partial charge in [-0.3, -0.25) is 29.8 Å². The van der Waals surface area contributed by atoms with Crippen molar-refractivity contribution in [3.05, 3.63) is 103 Å². The van der Waals surface area contributed by atoms with Crippen LogP contribution in [-0.4, -0.2) is 26.5 Å². The van der Waals surface area contributed by atoms with Gasteiger partial charge in [0.15, 0.2) is 0 Å². The molecule has 2 amide bonds. The first-order chi connectivity index (χ1) is 18.2. The fourth-order valence-electron chi connectivity index (χ4n) is 4.21. The van der Waals surface area contributed by atoms with Crippen LogP contribution in [0.1, 0.15) is 44.2 Å². The van der Waals surface area contributed by atoms with Crippen molar-refractivity contribution in [1.29, 1.82) is 0 Å². The summed E-state index contributed by atoms with van der Waals surface area (Å²) in [5.41, 5.74) is 3.54. The van der Waals surface area contributed by atoms with E-state index in [0.717, 1.165) is 11.1 Å². The SMILES string of the molecule is CC(C)C[C@@H](C(=O)Nn1c(=O)[nH]c(=O)[nH]c1=O)[C@H](CCCc1ccccc1)C(=O)NOCc1ccccc1. The molecule has 0 saturated heterocycles. The van der Waals surface area contributed by atoms with Crippen LogP contribution < -0.4 is 28.0 Å². The van der Waals surface area contributed by atoms with Gasteiger partial charge in [0.25, 0.3) is 0 Å². The molecular formula is C27H33N5O6. The number of rotatable bonds is 13. The number of aromatic nitrogens is 3. The van der Waals surface area contributed by atoms with Gasteiger partial charge >= 0.3 is 17.1 Å². The quantitative estimate of drug-likeness (QED) is 0.251. The van der Waals surface area contributed by atoms with Crippen molar-refractivity contribution in [2.75, 3.05) is 5.43 Å². The van der Waals surface area contributed by atoms with E-state index >= 15 is 0 Å². The Bertz CT molecular complexity index is 1330. The van der Waals surface area contributed by atoms with Gasteiger partial charge in [0, 0.05) is 0 Å². The Balaban J connectivity index is 1.80. The molecule has 202 valence electrons. The Morgan fingerprint density at radius 2 is 1.42 bits per heavy atom. The summed E-state index contributed by atoms with van der Waals surface area (Å²) in [6.45, 7) is 3.96. The predicted octanol–water partition coefficient (Wildman–Crippen LogP) is 1.84. The van der Waals surface area contributed by atoms with Gasteiger partial charge in [-0.05, 0) is 42.7 Å². The van der Waals surface area contributed by atoms with Gasteiger partial charge in [-0.25, -0.2) is 19.9 Å². The Morgan fingerprint density at radius 3 is 2.00 bits per heavy atom. The lowest BCUT2D eigenvalue weighted by Crippen LogP contribution is -2.51. The molecule has 0 fully saturated rings. The number of benzene rings is 2. The van der Waals surface area contributed by atoms with Gasteiger partial charge in [-0.2, -0.15) is 0 Å². The monoisotopic (exact) mass is 523 g/mol. The number of hydroxylamine groups is 1. The first-order valence-electron chi connectivity index (χ1n) is 12.5. The number of nitrogens with one attached hydrogen (secondary N) is 4. The van der Waals surface area contributed by atoms with Gasteiger partial charge in [0.2, 0.25) is 11.8 Å². The van der Waals surface area contributed by atoms with E-state index < -0.39 is 40.7 Å². The molecule has 2 atom stereocenters. The summed E-state index contributed by atoms with van der Waals surface area (Å²) < 4.78 is 0.391. The average molecular weight is 524 g/mol. The molecule has 4 N–H and O–H groups in total. The van der Waals surface area contributed by atoms with Crippen molar-refractivity contribution in [3.63, 3.8) is 0 Å². The molecule has 0 aliphatic carbocycles. The van der Waals surface area contributed by atoms with Crippen molar-refractivity contribution in [2.24, 2.45) is 17.8 Å². The minimum Gasteiger partial charge on any atom is -0.273 e. The molecule has 11 heteroatoms. The van der Waals surface area contributed by atoms with Crippen LogP contribution in [0.15, 0.2) is 75.0 Å². The van der Waals surface area contributed by atoms with Crippen molar-refractivity contribution in [3.8, 4) is 0 Å². The lowest BCUT2D eigenvalue weighted by molar-refractivity contribution is -0.144. The number of H-pyrrole nitrogens is 2. The van der Waals surface area contributed by atoms with Crippen molar-refractivity contribution in [2.45, 2.75) is 46.1 Å². The summed E-state index contributed by atoms with van der Waals surface area (Å²) >= 11 is 0. The van der Waals surface area contributed by atoms with Crippen molar-refractivity contribution < 1.29 is 14.4 Å². The standard InChI is InChI=1S/C27H33N5O6/c1-18(2)16-22(23(33)30-32-26(36)28-25(35)29-27(32)37)21(15-9-14-19-10-5-3-6-11-19)24(34)31-38-17-20-12-7-4-8-13-20/h3-8,10-13,18,21-22H,9,14-17H2,1-2H3,(H,30,33)(H,31,34)(H2,28,29,35,36,37)/t21-,22+/m0/s1. The van der Waals surface area contributed by atoms with Crippen LogP contribution in [-0.2, 0) is 27.5 Å².